The molecule has 1 aromatic rings. The van der Waals surface area contributed by atoms with Crippen LogP contribution in [0.3, 0.4) is 0 Å². The van der Waals surface area contributed by atoms with Gasteiger partial charge >= 0.3 is 0 Å². The monoisotopic (exact) mass is 313 g/mol. The summed E-state index contributed by atoms with van der Waals surface area (Å²) in [5.41, 5.74) is 1.09. The maximum Gasteiger partial charge on any atom is 0.242 e. The second-order valence-electron chi connectivity index (χ2n) is 5.41. The fraction of sp³-hybridized carbons (Fsp3) is 0.600. The first-order valence-corrected chi connectivity index (χ1v) is 8.72. The molecule has 0 unspecified atom stereocenters. The molecule has 0 aromatic heterocycles. The Labute approximate surface area is 129 Å². The fourth-order valence-corrected chi connectivity index (χ4v) is 3.17. The van der Waals surface area contributed by atoms with E-state index in [1.807, 2.05) is 33.2 Å². The minimum absolute atomic E-state index is 0.357. The number of hydrogen-bond donors (Lipinski definition) is 1. The van der Waals surface area contributed by atoms with Gasteiger partial charge in [-0.2, -0.15) is 0 Å². The van der Waals surface area contributed by atoms with E-state index >= 15 is 0 Å². The van der Waals surface area contributed by atoms with Gasteiger partial charge in [-0.05, 0) is 51.3 Å². The number of benzene rings is 1. The standard InChI is InChI=1S/C15H27N3O2S/c1-5-16-13-14-7-9-15(10-8-14)21(19,20)18(4)12-6-11-17(2)3/h7-10,16H,5-6,11-13H2,1-4H3. The normalized spacial score (nSPS) is 12.3. The van der Waals surface area contributed by atoms with Gasteiger partial charge in [0.2, 0.25) is 10.0 Å². The van der Waals surface area contributed by atoms with Crippen LogP contribution in [0.2, 0.25) is 0 Å². The molecule has 0 aliphatic rings. The lowest BCUT2D eigenvalue weighted by atomic mass is 10.2. The Morgan fingerprint density at radius 3 is 2.19 bits per heavy atom. The molecule has 6 heteroatoms. The predicted molar refractivity (Wildman–Crippen MR) is 86.8 cm³/mol. The van der Waals surface area contributed by atoms with Gasteiger partial charge in [-0.3, -0.25) is 0 Å². The molecule has 1 aromatic carbocycles. The molecule has 0 atom stereocenters. The van der Waals surface area contributed by atoms with Gasteiger partial charge in [-0.15, -0.1) is 0 Å². The third-order valence-corrected chi connectivity index (χ3v) is 5.16. The zero-order valence-corrected chi connectivity index (χ0v) is 14.3. The number of hydrogen-bond acceptors (Lipinski definition) is 4. The van der Waals surface area contributed by atoms with E-state index in [0.29, 0.717) is 11.4 Å². The highest BCUT2D eigenvalue weighted by Gasteiger charge is 2.20. The van der Waals surface area contributed by atoms with Crippen LogP contribution in [-0.4, -0.2) is 58.4 Å². The first-order valence-electron chi connectivity index (χ1n) is 7.28. The van der Waals surface area contributed by atoms with Crippen LogP contribution in [0.15, 0.2) is 29.2 Å². The van der Waals surface area contributed by atoms with E-state index in [0.717, 1.165) is 31.6 Å². The van der Waals surface area contributed by atoms with Gasteiger partial charge in [0, 0.05) is 20.1 Å². The summed E-state index contributed by atoms with van der Waals surface area (Å²) in [5.74, 6) is 0. The van der Waals surface area contributed by atoms with E-state index in [1.165, 1.54) is 4.31 Å². The SMILES string of the molecule is CCNCc1ccc(S(=O)(=O)N(C)CCCN(C)C)cc1. The molecule has 1 rings (SSSR count). The first kappa shape index (κ1) is 18.1. The second kappa shape index (κ2) is 8.48. The third kappa shape index (κ3) is 5.74. The highest BCUT2D eigenvalue weighted by Crippen LogP contribution is 2.15. The summed E-state index contributed by atoms with van der Waals surface area (Å²) in [4.78, 5) is 2.41. The van der Waals surface area contributed by atoms with Crippen molar-refractivity contribution in [3.8, 4) is 0 Å². The van der Waals surface area contributed by atoms with Crippen LogP contribution in [0.5, 0.6) is 0 Å². The summed E-state index contributed by atoms with van der Waals surface area (Å²) in [5, 5.41) is 3.22. The Hall–Kier alpha value is -0.950. The molecule has 5 nitrogen and oxygen atoms in total. The van der Waals surface area contributed by atoms with Gasteiger partial charge < -0.3 is 10.2 Å². The molecule has 0 saturated carbocycles. The molecule has 21 heavy (non-hydrogen) atoms. The summed E-state index contributed by atoms with van der Waals surface area (Å²) >= 11 is 0. The number of nitrogens with zero attached hydrogens (tertiary/aromatic N) is 2. The Balaban J connectivity index is 2.68. The van der Waals surface area contributed by atoms with Crippen molar-refractivity contribution in [3.05, 3.63) is 29.8 Å². The lowest BCUT2D eigenvalue weighted by Gasteiger charge is -2.18. The molecule has 0 spiro atoms. The van der Waals surface area contributed by atoms with Gasteiger partial charge in [-0.1, -0.05) is 19.1 Å². The van der Waals surface area contributed by atoms with Crippen molar-refractivity contribution in [3.63, 3.8) is 0 Å². The topological polar surface area (TPSA) is 52.7 Å². The number of nitrogens with one attached hydrogen (secondary N) is 1. The van der Waals surface area contributed by atoms with Crippen molar-refractivity contribution in [1.82, 2.24) is 14.5 Å². The second-order valence-corrected chi connectivity index (χ2v) is 7.45. The van der Waals surface area contributed by atoms with Crippen LogP contribution in [0.4, 0.5) is 0 Å². The number of rotatable bonds is 9. The minimum Gasteiger partial charge on any atom is -0.313 e. The van der Waals surface area contributed by atoms with Crippen molar-refractivity contribution >= 4 is 10.0 Å². The molecule has 0 bridgehead atoms. The molecule has 0 radical (unpaired) electrons. The predicted octanol–water partition coefficient (Wildman–Crippen LogP) is 1.37. The molecule has 0 saturated heterocycles. The average molecular weight is 313 g/mol. The van der Waals surface area contributed by atoms with Gasteiger partial charge in [0.15, 0.2) is 0 Å². The quantitative estimate of drug-likeness (QED) is 0.748. The lowest BCUT2D eigenvalue weighted by molar-refractivity contribution is 0.370. The molecule has 120 valence electrons. The Morgan fingerprint density at radius 2 is 1.67 bits per heavy atom. The van der Waals surface area contributed by atoms with Crippen LogP contribution >= 0.6 is 0 Å². The zero-order chi connectivity index (χ0) is 15.9. The Kier molecular flexibility index (Phi) is 7.31. The molecule has 0 aliphatic heterocycles. The first-order chi connectivity index (χ1) is 9.87. The van der Waals surface area contributed by atoms with E-state index in [9.17, 15) is 8.42 Å². The maximum atomic E-state index is 12.4. The van der Waals surface area contributed by atoms with Crippen molar-refractivity contribution in [2.45, 2.75) is 24.8 Å². The Bertz CT molecular complexity index is 512. The minimum atomic E-state index is -3.38. The third-order valence-electron chi connectivity index (χ3n) is 3.29. The summed E-state index contributed by atoms with van der Waals surface area (Å²) in [6.07, 6.45) is 0.821. The van der Waals surface area contributed by atoms with Gasteiger partial charge in [0.05, 0.1) is 4.90 Å². The molecular formula is C15H27N3O2S. The molecular weight excluding hydrogens is 286 g/mol. The van der Waals surface area contributed by atoms with Gasteiger partial charge in [0.1, 0.15) is 0 Å². The molecule has 0 aliphatic carbocycles. The fourth-order valence-electron chi connectivity index (χ4n) is 1.96. The summed E-state index contributed by atoms with van der Waals surface area (Å²) in [6, 6.07) is 7.10. The number of sulfonamides is 1. The van der Waals surface area contributed by atoms with Gasteiger partial charge in [-0.25, -0.2) is 12.7 Å². The van der Waals surface area contributed by atoms with Gasteiger partial charge in [0.25, 0.3) is 0 Å². The van der Waals surface area contributed by atoms with E-state index in [2.05, 4.69) is 10.2 Å². The van der Waals surface area contributed by atoms with Crippen LogP contribution in [0.25, 0.3) is 0 Å². The van der Waals surface area contributed by atoms with Crippen molar-refractivity contribution in [2.75, 3.05) is 40.8 Å². The Morgan fingerprint density at radius 1 is 1.05 bits per heavy atom. The van der Waals surface area contributed by atoms with Crippen molar-refractivity contribution < 1.29 is 8.42 Å². The summed E-state index contributed by atoms with van der Waals surface area (Å²) < 4.78 is 26.3. The largest absolute Gasteiger partial charge is 0.313 e. The zero-order valence-electron chi connectivity index (χ0n) is 13.5. The molecule has 0 fully saturated rings. The van der Waals surface area contributed by atoms with Crippen molar-refractivity contribution in [2.24, 2.45) is 0 Å². The average Bonchev–Trinajstić information content (AvgIpc) is 2.45. The highest BCUT2D eigenvalue weighted by molar-refractivity contribution is 7.89. The van der Waals surface area contributed by atoms with E-state index in [1.54, 1.807) is 19.2 Å². The van der Waals surface area contributed by atoms with Crippen LogP contribution in [-0.2, 0) is 16.6 Å². The van der Waals surface area contributed by atoms with Crippen LogP contribution in [0.1, 0.15) is 18.9 Å². The van der Waals surface area contributed by atoms with Crippen LogP contribution < -0.4 is 5.32 Å². The van der Waals surface area contributed by atoms with E-state index < -0.39 is 10.0 Å². The molecule has 0 amide bonds. The highest BCUT2D eigenvalue weighted by atomic mass is 32.2. The lowest BCUT2D eigenvalue weighted by Crippen LogP contribution is -2.29. The maximum absolute atomic E-state index is 12.4. The smallest absolute Gasteiger partial charge is 0.242 e. The van der Waals surface area contributed by atoms with Crippen molar-refractivity contribution in [1.29, 1.82) is 0 Å². The van der Waals surface area contributed by atoms with E-state index in [-0.39, 0.29) is 0 Å². The molecule has 0 heterocycles. The van der Waals surface area contributed by atoms with Crippen LogP contribution in [0, 0.1) is 0 Å². The molecule has 1 N–H and O–H groups in total. The van der Waals surface area contributed by atoms with E-state index in [4.69, 9.17) is 0 Å². The summed E-state index contributed by atoms with van der Waals surface area (Å²) in [6.45, 7) is 5.10. The summed E-state index contributed by atoms with van der Waals surface area (Å²) in [7, 11) is 2.22.